The Morgan fingerprint density at radius 2 is 2.28 bits per heavy atom. The molecule has 0 unspecified atom stereocenters. The number of aromatic nitrogens is 3. The molecule has 0 atom stereocenters. The van der Waals surface area contributed by atoms with Gasteiger partial charge in [0.2, 0.25) is 0 Å². The molecule has 18 heavy (non-hydrogen) atoms. The van der Waals surface area contributed by atoms with Crippen LogP contribution in [0.4, 0.5) is 5.69 Å². The third-order valence-corrected chi connectivity index (χ3v) is 2.60. The lowest BCUT2D eigenvalue weighted by Gasteiger charge is -2.04. The van der Waals surface area contributed by atoms with E-state index >= 15 is 0 Å². The zero-order valence-electron chi connectivity index (χ0n) is 9.57. The number of rotatable bonds is 5. The van der Waals surface area contributed by atoms with Crippen molar-refractivity contribution < 1.29 is 4.92 Å². The van der Waals surface area contributed by atoms with Gasteiger partial charge >= 0.3 is 0 Å². The molecule has 0 aliphatic carbocycles. The second-order valence-corrected chi connectivity index (χ2v) is 3.89. The Hall–Kier alpha value is -2.44. The zero-order chi connectivity index (χ0) is 13.0. The van der Waals surface area contributed by atoms with Gasteiger partial charge in [0.05, 0.1) is 17.3 Å². The summed E-state index contributed by atoms with van der Waals surface area (Å²) >= 11 is 0. The van der Waals surface area contributed by atoms with Crippen LogP contribution in [0.2, 0.25) is 0 Å². The number of pyridine rings is 1. The molecule has 7 heteroatoms. The van der Waals surface area contributed by atoms with E-state index in [1.165, 1.54) is 22.9 Å². The Balaban J connectivity index is 2.02. The van der Waals surface area contributed by atoms with Gasteiger partial charge in [0.1, 0.15) is 0 Å². The first-order valence-corrected chi connectivity index (χ1v) is 5.49. The molecule has 0 radical (unpaired) electrons. The Kier molecular flexibility index (Phi) is 3.52. The maximum atomic E-state index is 11.5. The molecular formula is C11H12N4O3. The largest absolute Gasteiger partial charge is 0.309 e. The molecule has 0 aliphatic rings. The maximum Gasteiger partial charge on any atom is 0.285 e. The van der Waals surface area contributed by atoms with Crippen LogP contribution in [0.1, 0.15) is 12.0 Å². The van der Waals surface area contributed by atoms with Gasteiger partial charge < -0.3 is 4.57 Å². The monoisotopic (exact) mass is 248 g/mol. The smallest absolute Gasteiger partial charge is 0.285 e. The summed E-state index contributed by atoms with van der Waals surface area (Å²) in [7, 11) is 0. The van der Waals surface area contributed by atoms with Gasteiger partial charge in [-0.2, -0.15) is 5.10 Å². The Bertz CT molecular complexity index is 589. The van der Waals surface area contributed by atoms with Crippen LogP contribution in [-0.2, 0) is 13.0 Å². The molecule has 2 aromatic rings. The molecule has 7 nitrogen and oxygen atoms in total. The van der Waals surface area contributed by atoms with E-state index in [0.29, 0.717) is 6.54 Å². The summed E-state index contributed by atoms with van der Waals surface area (Å²) in [5.74, 6) is 0. The van der Waals surface area contributed by atoms with Gasteiger partial charge in [-0.1, -0.05) is 0 Å². The molecule has 2 heterocycles. The minimum absolute atomic E-state index is 0.0714. The number of nitrogens with one attached hydrogen (secondary N) is 1. The van der Waals surface area contributed by atoms with Gasteiger partial charge in [-0.3, -0.25) is 20.0 Å². The standard InChI is InChI=1S/C11H12N4O3/c16-11-4-3-10(15(17)18)8-14(11)5-1-2-9-6-12-13-7-9/h3-4,6-8H,1-2,5H2,(H,12,13). The summed E-state index contributed by atoms with van der Waals surface area (Å²) < 4.78 is 1.36. The van der Waals surface area contributed by atoms with Crippen LogP contribution < -0.4 is 5.56 Å². The molecule has 0 aliphatic heterocycles. The predicted molar refractivity (Wildman–Crippen MR) is 64.3 cm³/mol. The first kappa shape index (κ1) is 12.0. The molecule has 2 aromatic heterocycles. The summed E-state index contributed by atoms with van der Waals surface area (Å²) in [4.78, 5) is 21.6. The molecule has 1 N–H and O–H groups in total. The van der Waals surface area contributed by atoms with Gasteiger partial charge in [-0.15, -0.1) is 0 Å². The van der Waals surface area contributed by atoms with E-state index in [2.05, 4.69) is 10.2 Å². The second kappa shape index (κ2) is 5.26. The molecule has 2 rings (SSSR count). The summed E-state index contributed by atoms with van der Waals surface area (Å²) in [6.45, 7) is 0.450. The van der Waals surface area contributed by atoms with Crippen LogP contribution in [0.15, 0.2) is 35.5 Å². The van der Waals surface area contributed by atoms with E-state index in [0.717, 1.165) is 18.4 Å². The molecule has 0 fully saturated rings. The highest BCUT2D eigenvalue weighted by atomic mass is 16.6. The first-order chi connectivity index (χ1) is 8.66. The number of aromatic amines is 1. The van der Waals surface area contributed by atoms with Gasteiger partial charge in [0.15, 0.2) is 0 Å². The number of nitro groups is 1. The highest BCUT2D eigenvalue weighted by Crippen LogP contribution is 2.07. The van der Waals surface area contributed by atoms with E-state index in [-0.39, 0.29) is 11.2 Å². The van der Waals surface area contributed by atoms with Gasteiger partial charge in [-0.05, 0) is 18.4 Å². The average molecular weight is 248 g/mol. The van der Waals surface area contributed by atoms with Gasteiger partial charge in [0, 0.05) is 24.9 Å². The molecule has 0 saturated heterocycles. The molecule has 0 aromatic carbocycles. The predicted octanol–water partition coefficient (Wildman–Crippen LogP) is 1.11. The normalized spacial score (nSPS) is 10.4. The van der Waals surface area contributed by atoms with E-state index < -0.39 is 4.92 Å². The zero-order valence-corrected chi connectivity index (χ0v) is 9.57. The Labute approximate surface area is 102 Å². The molecular weight excluding hydrogens is 236 g/mol. The third-order valence-electron chi connectivity index (χ3n) is 2.60. The summed E-state index contributed by atoms with van der Waals surface area (Å²) in [5.41, 5.74) is 0.749. The number of H-pyrrole nitrogens is 1. The second-order valence-electron chi connectivity index (χ2n) is 3.89. The van der Waals surface area contributed by atoms with Crippen LogP contribution in [0.3, 0.4) is 0 Å². The van der Waals surface area contributed by atoms with E-state index in [1.807, 2.05) is 0 Å². The topological polar surface area (TPSA) is 93.8 Å². The fourth-order valence-corrected chi connectivity index (χ4v) is 1.67. The van der Waals surface area contributed by atoms with Crippen molar-refractivity contribution in [2.45, 2.75) is 19.4 Å². The van der Waals surface area contributed by atoms with Crippen molar-refractivity contribution in [2.24, 2.45) is 0 Å². The quantitative estimate of drug-likeness (QED) is 0.633. The van der Waals surface area contributed by atoms with Crippen molar-refractivity contribution in [3.8, 4) is 0 Å². The van der Waals surface area contributed by atoms with E-state index in [4.69, 9.17) is 0 Å². The lowest BCUT2D eigenvalue weighted by atomic mass is 10.2. The number of hydrogen-bond acceptors (Lipinski definition) is 4. The van der Waals surface area contributed by atoms with Crippen LogP contribution in [0.5, 0.6) is 0 Å². The van der Waals surface area contributed by atoms with Crippen molar-refractivity contribution in [3.63, 3.8) is 0 Å². The fraction of sp³-hybridized carbons (Fsp3) is 0.273. The number of aryl methyl sites for hydroxylation is 2. The highest BCUT2D eigenvalue weighted by molar-refractivity contribution is 5.24. The molecule has 0 spiro atoms. The van der Waals surface area contributed by atoms with Crippen molar-refractivity contribution in [3.05, 3.63) is 56.8 Å². The van der Waals surface area contributed by atoms with Crippen molar-refractivity contribution >= 4 is 5.69 Å². The van der Waals surface area contributed by atoms with Crippen LogP contribution in [0.25, 0.3) is 0 Å². The van der Waals surface area contributed by atoms with Crippen molar-refractivity contribution in [1.29, 1.82) is 0 Å². The van der Waals surface area contributed by atoms with Crippen LogP contribution >= 0.6 is 0 Å². The minimum atomic E-state index is -0.508. The summed E-state index contributed by atoms with van der Waals surface area (Å²) in [5, 5.41) is 17.1. The van der Waals surface area contributed by atoms with Crippen LogP contribution in [0, 0.1) is 10.1 Å². The highest BCUT2D eigenvalue weighted by Gasteiger charge is 2.07. The summed E-state index contributed by atoms with van der Waals surface area (Å²) in [6, 6.07) is 2.44. The fourth-order valence-electron chi connectivity index (χ4n) is 1.67. The third kappa shape index (κ3) is 2.82. The number of hydrogen-bond donors (Lipinski definition) is 1. The molecule has 94 valence electrons. The first-order valence-electron chi connectivity index (χ1n) is 5.49. The van der Waals surface area contributed by atoms with E-state index in [9.17, 15) is 14.9 Å². The van der Waals surface area contributed by atoms with Crippen LogP contribution in [-0.4, -0.2) is 19.7 Å². The van der Waals surface area contributed by atoms with E-state index in [1.54, 1.807) is 12.4 Å². The SMILES string of the molecule is O=c1ccc([N+](=O)[O-])cn1CCCc1cn[nH]c1. The average Bonchev–Trinajstić information content (AvgIpc) is 2.84. The Morgan fingerprint density at radius 1 is 1.44 bits per heavy atom. The van der Waals surface area contributed by atoms with Crippen molar-refractivity contribution in [1.82, 2.24) is 14.8 Å². The Morgan fingerprint density at radius 3 is 2.94 bits per heavy atom. The van der Waals surface area contributed by atoms with Gasteiger partial charge in [0.25, 0.3) is 11.2 Å². The van der Waals surface area contributed by atoms with Gasteiger partial charge in [-0.25, -0.2) is 0 Å². The maximum absolute atomic E-state index is 11.5. The molecule has 0 saturated carbocycles. The number of nitrogens with zero attached hydrogens (tertiary/aromatic N) is 3. The lowest BCUT2D eigenvalue weighted by molar-refractivity contribution is -0.385. The molecule has 0 amide bonds. The van der Waals surface area contributed by atoms with Crippen molar-refractivity contribution in [2.75, 3.05) is 0 Å². The molecule has 0 bridgehead atoms. The lowest BCUT2D eigenvalue weighted by Crippen LogP contribution is -2.19. The summed E-state index contributed by atoms with van der Waals surface area (Å²) in [6.07, 6.45) is 6.27. The minimum Gasteiger partial charge on any atom is -0.309 e.